The first-order valence-corrected chi connectivity index (χ1v) is 10.8. The van der Waals surface area contributed by atoms with Crippen LogP contribution in [0.2, 0.25) is 0 Å². The van der Waals surface area contributed by atoms with Crippen LogP contribution in [-0.4, -0.2) is 33.3 Å². The van der Waals surface area contributed by atoms with Crippen molar-refractivity contribution >= 4 is 29.0 Å². The van der Waals surface area contributed by atoms with Crippen molar-refractivity contribution in [1.29, 1.82) is 0 Å². The molecular weight excluding hydrogens is 370 g/mol. The van der Waals surface area contributed by atoms with E-state index >= 15 is 0 Å². The molecule has 1 amide bonds. The van der Waals surface area contributed by atoms with Gasteiger partial charge in [-0.2, -0.15) is 5.10 Å². The molecule has 0 aliphatic heterocycles. The quantitative estimate of drug-likeness (QED) is 0.587. The van der Waals surface area contributed by atoms with Crippen molar-refractivity contribution in [3.8, 4) is 11.3 Å². The van der Waals surface area contributed by atoms with Gasteiger partial charge in [-0.15, -0.1) is 11.8 Å². The third kappa shape index (κ3) is 3.58. The molecule has 0 radical (unpaired) electrons. The number of hydrogen-bond donors (Lipinski definition) is 2. The Bertz CT molecular complexity index is 1040. The molecule has 4 rings (SSSR count). The molecule has 3 N–H and O–H groups in total. The van der Waals surface area contributed by atoms with Crippen molar-refractivity contribution < 1.29 is 4.79 Å². The highest BCUT2D eigenvalue weighted by Crippen LogP contribution is 2.43. The Morgan fingerprint density at radius 1 is 1.36 bits per heavy atom. The number of thioether (sulfide) groups is 1. The number of rotatable bonds is 7. The van der Waals surface area contributed by atoms with E-state index < -0.39 is 0 Å². The van der Waals surface area contributed by atoms with Crippen LogP contribution in [-0.2, 0) is 0 Å². The average molecular weight is 396 g/mol. The highest BCUT2D eigenvalue weighted by Gasteiger charge is 2.28. The van der Waals surface area contributed by atoms with Crippen molar-refractivity contribution in [1.82, 2.24) is 14.6 Å². The third-order valence-electron chi connectivity index (χ3n) is 4.99. The summed E-state index contributed by atoms with van der Waals surface area (Å²) < 4.78 is 1.89. The SMILES string of the molecule is CSc1cc(NCC(C)C)c2ncc(-c3ccc(C(N)=O)c(C4CC4)c3)n2n1. The van der Waals surface area contributed by atoms with Crippen LogP contribution in [0.1, 0.15) is 48.5 Å². The number of carbonyl (C=O) groups is 1. The lowest BCUT2D eigenvalue weighted by molar-refractivity contribution is 0.0999. The fourth-order valence-electron chi connectivity index (χ4n) is 3.37. The summed E-state index contributed by atoms with van der Waals surface area (Å²) >= 11 is 1.60. The molecule has 146 valence electrons. The molecule has 0 spiro atoms. The van der Waals surface area contributed by atoms with Crippen LogP contribution in [0, 0.1) is 5.92 Å². The maximum absolute atomic E-state index is 11.8. The van der Waals surface area contributed by atoms with Gasteiger partial charge in [0.1, 0.15) is 5.03 Å². The van der Waals surface area contributed by atoms with E-state index in [1.165, 1.54) is 0 Å². The van der Waals surface area contributed by atoms with Crippen LogP contribution in [0.15, 0.2) is 35.5 Å². The van der Waals surface area contributed by atoms with Gasteiger partial charge in [0.2, 0.25) is 5.91 Å². The van der Waals surface area contributed by atoms with Crippen molar-refractivity contribution in [2.75, 3.05) is 18.1 Å². The van der Waals surface area contributed by atoms with Crippen LogP contribution in [0.4, 0.5) is 5.69 Å². The first kappa shape index (κ1) is 18.8. The predicted octanol–water partition coefficient (Wildman–Crippen LogP) is 4.16. The maximum Gasteiger partial charge on any atom is 0.248 e. The predicted molar refractivity (Wildman–Crippen MR) is 114 cm³/mol. The van der Waals surface area contributed by atoms with Gasteiger partial charge in [0.05, 0.1) is 17.6 Å². The molecule has 0 unspecified atom stereocenters. The number of carbonyl (C=O) groups excluding carboxylic acids is 1. The maximum atomic E-state index is 11.8. The molecule has 2 heterocycles. The van der Waals surface area contributed by atoms with E-state index in [1.807, 2.05) is 35.2 Å². The standard InChI is InChI=1S/C21H25N5OS/c1-12(2)10-23-17-9-19(28-3)25-26-18(11-24-21(17)26)14-6-7-15(20(22)27)16(8-14)13-4-5-13/h6-9,11-13,23H,4-5,10H2,1-3H3,(H2,22,27). The zero-order chi connectivity index (χ0) is 19.8. The summed E-state index contributed by atoms with van der Waals surface area (Å²) in [6.07, 6.45) is 6.08. The smallest absolute Gasteiger partial charge is 0.248 e. The molecule has 0 atom stereocenters. The third-order valence-corrected chi connectivity index (χ3v) is 5.60. The minimum absolute atomic E-state index is 0.366. The van der Waals surface area contributed by atoms with Gasteiger partial charge in [0.25, 0.3) is 0 Å². The Labute approximate surface area is 168 Å². The topological polar surface area (TPSA) is 85.3 Å². The first-order valence-electron chi connectivity index (χ1n) is 9.58. The van der Waals surface area contributed by atoms with Gasteiger partial charge < -0.3 is 11.1 Å². The van der Waals surface area contributed by atoms with Crippen LogP contribution < -0.4 is 11.1 Å². The molecule has 1 saturated carbocycles. The number of anilines is 1. The van der Waals surface area contributed by atoms with Gasteiger partial charge in [0.15, 0.2) is 5.65 Å². The summed E-state index contributed by atoms with van der Waals surface area (Å²) in [7, 11) is 0. The molecule has 7 heteroatoms. The monoisotopic (exact) mass is 395 g/mol. The van der Waals surface area contributed by atoms with Gasteiger partial charge in [0, 0.05) is 17.7 Å². The second-order valence-corrected chi connectivity index (χ2v) is 8.52. The number of amides is 1. The first-order chi connectivity index (χ1) is 13.5. The number of benzene rings is 1. The van der Waals surface area contributed by atoms with E-state index in [2.05, 4.69) is 30.2 Å². The highest BCUT2D eigenvalue weighted by molar-refractivity contribution is 7.98. The second kappa shape index (κ2) is 7.47. The van der Waals surface area contributed by atoms with Crippen LogP contribution in [0.3, 0.4) is 0 Å². The molecule has 1 aliphatic rings. The molecule has 1 aromatic carbocycles. The summed E-state index contributed by atoms with van der Waals surface area (Å²) in [4.78, 5) is 16.4. The van der Waals surface area contributed by atoms with Crippen LogP contribution >= 0.6 is 11.8 Å². The Morgan fingerprint density at radius 3 is 2.79 bits per heavy atom. The van der Waals surface area contributed by atoms with E-state index in [9.17, 15) is 4.79 Å². The summed E-state index contributed by atoms with van der Waals surface area (Å²) in [5.41, 5.74) is 10.9. The zero-order valence-electron chi connectivity index (χ0n) is 16.4. The summed E-state index contributed by atoms with van der Waals surface area (Å²) in [5.74, 6) is 0.594. The van der Waals surface area contributed by atoms with Crippen molar-refractivity contribution in [3.63, 3.8) is 0 Å². The normalized spacial score (nSPS) is 14.0. The summed E-state index contributed by atoms with van der Waals surface area (Å²) in [5, 5.41) is 9.17. The fourth-order valence-corrected chi connectivity index (χ4v) is 3.76. The Hall–Kier alpha value is -2.54. The fraction of sp³-hybridized carbons (Fsp3) is 0.381. The molecular formula is C21H25N5OS. The van der Waals surface area contributed by atoms with Crippen LogP contribution in [0.25, 0.3) is 16.9 Å². The van der Waals surface area contributed by atoms with Crippen LogP contribution in [0.5, 0.6) is 0 Å². The van der Waals surface area contributed by atoms with Gasteiger partial charge in [-0.25, -0.2) is 9.50 Å². The number of aromatic nitrogens is 3. The molecule has 1 fully saturated rings. The van der Waals surface area contributed by atoms with E-state index in [1.54, 1.807) is 11.8 Å². The number of nitrogens with two attached hydrogens (primary N) is 1. The lowest BCUT2D eigenvalue weighted by Gasteiger charge is -2.12. The number of fused-ring (bicyclic) bond motifs is 1. The summed E-state index contributed by atoms with van der Waals surface area (Å²) in [6, 6.07) is 7.89. The molecule has 28 heavy (non-hydrogen) atoms. The second-order valence-electron chi connectivity index (χ2n) is 7.69. The number of nitrogens with zero attached hydrogens (tertiary/aromatic N) is 3. The Kier molecular flexibility index (Phi) is 5.02. The number of imidazole rings is 1. The lowest BCUT2D eigenvalue weighted by Crippen LogP contribution is -2.13. The lowest BCUT2D eigenvalue weighted by atomic mass is 9.98. The average Bonchev–Trinajstić information content (AvgIpc) is 3.44. The molecule has 0 saturated heterocycles. The van der Waals surface area contributed by atoms with E-state index in [4.69, 9.17) is 10.8 Å². The minimum atomic E-state index is -0.366. The summed E-state index contributed by atoms with van der Waals surface area (Å²) in [6.45, 7) is 5.23. The number of hydrogen-bond acceptors (Lipinski definition) is 5. The minimum Gasteiger partial charge on any atom is -0.382 e. The van der Waals surface area contributed by atoms with Gasteiger partial charge >= 0.3 is 0 Å². The van der Waals surface area contributed by atoms with Gasteiger partial charge in [-0.3, -0.25) is 4.79 Å². The highest BCUT2D eigenvalue weighted by atomic mass is 32.2. The van der Waals surface area contributed by atoms with E-state index in [-0.39, 0.29) is 5.91 Å². The van der Waals surface area contributed by atoms with Crippen molar-refractivity contribution in [2.45, 2.75) is 37.6 Å². The van der Waals surface area contributed by atoms with E-state index in [0.29, 0.717) is 17.4 Å². The molecule has 1 aliphatic carbocycles. The van der Waals surface area contributed by atoms with Gasteiger partial charge in [-0.05, 0) is 54.7 Å². The number of primary amides is 1. The zero-order valence-corrected chi connectivity index (χ0v) is 17.2. The van der Waals surface area contributed by atoms with Crippen molar-refractivity contribution in [3.05, 3.63) is 41.6 Å². The number of nitrogens with one attached hydrogen (secondary N) is 1. The van der Waals surface area contributed by atoms with Gasteiger partial charge in [-0.1, -0.05) is 19.9 Å². The molecule has 6 nitrogen and oxygen atoms in total. The molecule has 2 aromatic heterocycles. The molecule has 3 aromatic rings. The van der Waals surface area contributed by atoms with E-state index in [0.717, 1.165) is 52.6 Å². The largest absolute Gasteiger partial charge is 0.382 e. The Balaban J connectivity index is 1.82. The van der Waals surface area contributed by atoms with Crippen molar-refractivity contribution in [2.24, 2.45) is 11.7 Å². The molecule has 0 bridgehead atoms. The Morgan fingerprint density at radius 2 is 2.14 bits per heavy atom.